The summed E-state index contributed by atoms with van der Waals surface area (Å²) in [5, 5.41) is 0.785. The average molecular weight is 198 g/mol. The lowest BCUT2D eigenvalue weighted by atomic mass is 9.91. The van der Waals surface area contributed by atoms with E-state index in [1.165, 1.54) is 11.1 Å². The number of benzene rings is 1. The van der Waals surface area contributed by atoms with E-state index in [9.17, 15) is 0 Å². The molecule has 0 aromatic heterocycles. The van der Waals surface area contributed by atoms with Crippen LogP contribution in [0.25, 0.3) is 0 Å². The summed E-state index contributed by atoms with van der Waals surface area (Å²) >= 11 is 5.92. The maximum atomic E-state index is 5.92. The van der Waals surface area contributed by atoms with Crippen molar-refractivity contribution in [3.05, 3.63) is 34.3 Å². The summed E-state index contributed by atoms with van der Waals surface area (Å²) in [6.07, 6.45) is 0. The van der Waals surface area contributed by atoms with Crippen LogP contribution in [0.1, 0.15) is 30.9 Å². The molecule has 0 aliphatic heterocycles. The highest BCUT2D eigenvalue weighted by Crippen LogP contribution is 2.24. The fraction of sp³-hybridized carbons (Fsp3) is 0.455. The average Bonchev–Trinajstić information content (AvgIpc) is 2.08. The maximum Gasteiger partial charge on any atom is 0.0409 e. The first-order chi connectivity index (χ1) is 6.02. The van der Waals surface area contributed by atoms with Crippen LogP contribution in [0, 0.1) is 6.92 Å². The molecular formula is C11H16ClN. The zero-order chi connectivity index (χ0) is 10.0. The first kappa shape index (κ1) is 10.6. The molecule has 0 aliphatic rings. The minimum Gasteiger partial charge on any atom is -0.327 e. The molecule has 0 radical (unpaired) electrons. The van der Waals surface area contributed by atoms with Crippen LogP contribution >= 0.6 is 11.6 Å². The smallest absolute Gasteiger partial charge is 0.0409 e. The molecule has 0 heterocycles. The number of aryl methyl sites for hydroxylation is 1. The third kappa shape index (κ3) is 2.45. The van der Waals surface area contributed by atoms with Gasteiger partial charge in [-0.1, -0.05) is 24.6 Å². The molecule has 0 fully saturated rings. The molecule has 0 bridgehead atoms. The van der Waals surface area contributed by atoms with Crippen LogP contribution in [-0.4, -0.2) is 6.04 Å². The summed E-state index contributed by atoms with van der Waals surface area (Å²) in [7, 11) is 0. The Morgan fingerprint density at radius 2 is 1.92 bits per heavy atom. The maximum absolute atomic E-state index is 5.92. The van der Waals surface area contributed by atoms with Crippen molar-refractivity contribution in [1.29, 1.82) is 0 Å². The molecule has 2 N–H and O–H groups in total. The molecule has 72 valence electrons. The first-order valence-corrected chi connectivity index (χ1v) is 4.92. The lowest BCUT2D eigenvalue weighted by molar-refractivity contribution is 0.610. The van der Waals surface area contributed by atoms with Gasteiger partial charge in [0.25, 0.3) is 0 Å². The van der Waals surface area contributed by atoms with E-state index in [0.29, 0.717) is 5.92 Å². The minimum absolute atomic E-state index is 0.164. The topological polar surface area (TPSA) is 26.0 Å². The van der Waals surface area contributed by atoms with Gasteiger partial charge in [-0.15, -0.1) is 0 Å². The van der Waals surface area contributed by atoms with Crippen molar-refractivity contribution < 1.29 is 0 Å². The summed E-state index contributed by atoms with van der Waals surface area (Å²) in [4.78, 5) is 0. The first-order valence-electron chi connectivity index (χ1n) is 4.54. The van der Waals surface area contributed by atoms with Gasteiger partial charge in [0.1, 0.15) is 0 Å². The molecule has 2 atom stereocenters. The largest absolute Gasteiger partial charge is 0.327 e. The molecule has 2 unspecified atom stereocenters. The van der Waals surface area contributed by atoms with E-state index < -0.39 is 0 Å². The Bertz CT molecular complexity index is 294. The fourth-order valence-electron chi connectivity index (χ4n) is 1.39. The second-order valence-corrected chi connectivity index (χ2v) is 4.09. The summed E-state index contributed by atoms with van der Waals surface area (Å²) in [5.41, 5.74) is 8.35. The van der Waals surface area contributed by atoms with Crippen LogP contribution in [-0.2, 0) is 0 Å². The van der Waals surface area contributed by atoms with Gasteiger partial charge in [-0.25, -0.2) is 0 Å². The quantitative estimate of drug-likeness (QED) is 0.775. The fourth-order valence-corrected chi connectivity index (χ4v) is 1.57. The second kappa shape index (κ2) is 4.12. The van der Waals surface area contributed by atoms with Crippen molar-refractivity contribution in [2.45, 2.75) is 32.7 Å². The minimum atomic E-state index is 0.164. The molecule has 0 spiro atoms. The van der Waals surface area contributed by atoms with Crippen LogP contribution in [0.5, 0.6) is 0 Å². The summed E-state index contributed by atoms with van der Waals surface area (Å²) in [6.45, 7) is 6.24. The number of halogens is 1. The lowest BCUT2D eigenvalue weighted by Crippen LogP contribution is -2.23. The molecule has 2 heteroatoms. The summed E-state index contributed by atoms with van der Waals surface area (Å²) in [5.74, 6) is 0.360. The van der Waals surface area contributed by atoms with Gasteiger partial charge in [-0.3, -0.25) is 0 Å². The Kier molecular flexibility index (Phi) is 3.34. The molecule has 13 heavy (non-hydrogen) atoms. The van der Waals surface area contributed by atoms with E-state index in [4.69, 9.17) is 17.3 Å². The lowest BCUT2D eigenvalue weighted by Gasteiger charge is -2.18. The summed E-state index contributed by atoms with van der Waals surface area (Å²) < 4.78 is 0. The molecule has 1 aromatic rings. The van der Waals surface area contributed by atoms with Crippen LogP contribution in [0.4, 0.5) is 0 Å². The predicted molar refractivity (Wildman–Crippen MR) is 58.3 cm³/mol. The molecule has 0 saturated heterocycles. The van der Waals surface area contributed by atoms with Crippen LogP contribution < -0.4 is 5.73 Å². The van der Waals surface area contributed by atoms with E-state index in [0.717, 1.165) is 5.02 Å². The van der Waals surface area contributed by atoms with Gasteiger partial charge in [-0.05, 0) is 43.0 Å². The van der Waals surface area contributed by atoms with Crippen molar-refractivity contribution in [2.24, 2.45) is 5.73 Å². The molecule has 1 nitrogen and oxygen atoms in total. The zero-order valence-corrected chi connectivity index (χ0v) is 9.10. The van der Waals surface area contributed by atoms with E-state index in [1.54, 1.807) is 0 Å². The Balaban J connectivity index is 3.05. The van der Waals surface area contributed by atoms with Crippen molar-refractivity contribution >= 4 is 11.6 Å². The van der Waals surface area contributed by atoms with Gasteiger partial charge < -0.3 is 5.73 Å². The van der Waals surface area contributed by atoms with Gasteiger partial charge in [-0.2, -0.15) is 0 Å². The van der Waals surface area contributed by atoms with Crippen molar-refractivity contribution in [2.75, 3.05) is 0 Å². The number of hydrogen-bond donors (Lipinski definition) is 1. The Hall–Kier alpha value is -0.530. The van der Waals surface area contributed by atoms with Crippen molar-refractivity contribution in [3.63, 3.8) is 0 Å². The molecular weight excluding hydrogens is 182 g/mol. The highest BCUT2D eigenvalue weighted by Gasteiger charge is 2.12. The van der Waals surface area contributed by atoms with Crippen LogP contribution in [0.15, 0.2) is 18.2 Å². The normalized spacial score (nSPS) is 15.5. The van der Waals surface area contributed by atoms with Crippen molar-refractivity contribution in [1.82, 2.24) is 0 Å². The van der Waals surface area contributed by atoms with Gasteiger partial charge >= 0.3 is 0 Å². The second-order valence-electron chi connectivity index (χ2n) is 3.65. The standard InChI is InChI=1S/C11H16ClN/c1-7-4-5-10(12)6-11(7)8(2)9(3)13/h4-6,8-9H,13H2,1-3H3. The van der Waals surface area contributed by atoms with Crippen molar-refractivity contribution in [3.8, 4) is 0 Å². The van der Waals surface area contributed by atoms with Gasteiger partial charge in [0.2, 0.25) is 0 Å². The van der Waals surface area contributed by atoms with E-state index in [-0.39, 0.29) is 6.04 Å². The predicted octanol–water partition coefficient (Wildman–Crippen LogP) is 3.10. The van der Waals surface area contributed by atoms with E-state index >= 15 is 0 Å². The Labute approximate surface area is 84.9 Å². The molecule has 0 aliphatic carbocycles. The van der Waals surface area contributed by atoms with E-state index in [2.05, 4.69) is 13.8 Å². The van der Waals surface area contributed by atoms with E-state index in [1.807, 2.05) is 25.1 Å². The molecule has 1 aromatic carbocycles. The molecule has 0 amide bonds. The number of nitrogens with two attached hydrogens (primary N) is 1. The Morgan fingerprint density at radius 3 is 2.46 bits per heavy atom. The highest BCUT2D eigenvalue weighted by molar-refractivity contribution is 6.30. The van der Waals surface area contributed by atoms with Gasteiger partial charge in [0.15, 0.2) is 0 Å². The van der Waals surface area contributed by atoms with Gasteiger partial charge in [0, 0.05) is 11.1 Å². The van der Waals surface area contributed by atoms with Crippen LogP contribution in [0.3, 0.4) is 0 Å². The monoisotopic (exact) mass is 197 g/mol. The molecule has 1 rings (SSSR count). The zero-order valence-electron chi connectivity index (χ0n) is 8.34. The number of rotatable bonds is 2. The SMILES string of the molecule is Cc1ccc(Cl)cc1C(C)C(C)N. The third-order valence-electron chi connectivity index (χ3n) is 2.52. The number of hydrogen-bond acceptors (Lipinski definition) is 1. The highest BCUT2D eigenvalue weighted by atomic mass is 35.5. The third-order valence-corrected chi connectivity index (χ3v) is 2.76. The van der Waals surface area contributed by atoms with Crippen LogP contribution in [0.2, 0.25) is 5.02 Å². The summed E-state index contributed by atoms with van der Waals surface area (Å²) in [6, 6.07) is 6.12. The Morgan fingerprint density at radius 1 is 1.31 bits per heavy atom. The van der Waals surface area contributed by atoms with Gasteiger partial charge in [0.05, 0.1) is 0 Å². The molecule has 0 saturated carbocycles.